The highest BCUT2D eigenvalue weighted by molar-refractivity contribution is 5.99. The molecular weight excluding hydrogens is 559 g/mol. The number of carbonyl (C=O) groups excluding carboxylic acids is 2. The molecule has 3 aromatic carbocycles. The molecule has 0 spiro atoms. The van der Waals surface area contributed by atoms with Gasteiger partial charge in [-0.15, -0.1) is 0 Å². The average Bonchev–Trinajstić information content (AvgIpc) is 3.45. The fourth-order valence-electron chi connectivity index (χ4n) is 5.76. The summed E-state index contributed by atoms with van der Waals surface area (Å²) in [6.45, 7) is 7.00. The molecular formula is C34H41FN6O3. The van der Waals surface area contributed by atoms with Gasteiger partial charge in [-0.1, -0.05) is 37.3 Å². The Morgan fingerprint density at radius 3 is 2.52 bits per heavy atom. The molecule has 4 aromatic rings. The van der Waals surface area contributed by atoms with E-state index >= 15 is 0 Å². The fourth-order valence-corrected chi connectivity index (χ4v) is 5.76. The van der Waals surface area contributed by atoms with Gasteiger partial charge in [0.15, 0.2) is 0 Å². The topological polar surface area (TPSA) is 92.9 Å². The van der Waals surface area contributed by atoms with E-state index in [0.29, 0.717) is 50.8 Å². The third-order valence-electron chi connectivity index (χ3n) is 8.01. The lowest BCUT2D eigenvalue weighted by Crippen LogP contribution is -2.56. The molecule has 2 unspecified atom stereocenters. The molecule has 0 saturated carbocycles. The number of benzene rings is 3. The molecule has 2 heterocycles. The lowest BCUT2D eigenvalue weighted by Gasteiger charge is -2.37. The average molecular weight is 601 g/mol. The number of hydrogen-bond donors (Lipinski definition) is 3. The van der Waals surface area contributed by atoms with Crippen molar-refractivity contribution in [2.75, 3.05) is 57.1 Å². The van der Waals surface area contributed by atoms with Crippen LogP contribution in [0, 0.1) is 5.82 Å². The summed E-state index contributed by atoms with van der Waals surface area (Å²) in [5, 5.41) is 7.13. The Labute approximate surface area is 258 Å². The molecule has 10 heteroatoms. The van der Waals surface area contributed by atoms with Gasteiger partial charge in [-0.3, -0.25) is 4.79 Å². The Balaban J connectivity index is 1.38. The van der Waals surface area contributed by atoms with Crippen LogP contribution in [-0.2, 0) is 11.3 Å². The first-order chi connectivity index (χ1) is 21.2. The van der Waals surface area contributed by atoms with Crippen LogP contribution in [0.1, 0.15) is 30.9 Å². The maximum atomic E-state index is 14.1. The summed E-state index contributed by atoms with van der Waals surface area (Å²) in [5.74, 6) is -0.411. The molecule has 3 N–H and O–H groups in total. The molecule has 3 amide bonds. The van der Waals surface area contributed by atoms with E-state index in [1.807, 2.05) is 82.7 Å². The van der Waals surface area contributed by atoms with E-state index in [-0.39, 0.29) is 23.7 Å². The zero-order valence-electron chi connectivity index (χ0n) is 25.8. The minimum absolute atomic E-state index is 0.289. The number of aromatic nitrogens is 1. The Hall–Kier alpha value is -4.57. The zero-order valence-corrected chi connectivity index (χ0v) is 25.8. The largest absolute Gasteiger partial charge is 0.492 e. The molecule has 44 heavy (non-hydrogen) atoms. The van der Waals surface area contributed by atoms with Crippen LogP contribution < -0.4 is 20.3 Å². The summed E-state index contributed by atoms with van der Waals surface area (Å²) in [6.07, 6.45) is 1.91. The number of fused-ring (bicyclic) bond motifs is 1. The quantitative estimate of drug-likeness (QED) is 0.226. The van der Waals surface area contributed by atoms with E-state index in [4.69, 9.17) is 4.74 Å². The van der Waals surface area contributed by atoms with Crippen molar-refractivity contribution in [2.45, 2.75) is 32.4 Å². The van der Waals surface area contributed by atoms with Crippen LogP contribution in [0.25, 0.3) is 10.9 Å². The molecule has 2 atom stereocenters. The Morgan fingerprint density at radius 2 is 1.80 bits per heavy atom. The summed E-state index contributed by atoms with van der Waals surface area (Å²) in [5.41, 5.74) is 4.27. The van der Waals surface area contributed by atoms with Crippen molar-refractivity contribution in [2.24, 2.45) is 0 Å². The number of urea groups is 1. The maximum Gasteiger partial charge on any atom is 0.318 e. The smallest absolute Gasteiger partial charge is 0.318 e. The molecule has 232 valence electrons. The summed E-state index contributed by atoms with van der Waals surface area (Å²) in [6, 6.07) is 19.0. The van der Waals surface area contributed by atoms with Crippen molar-refractivity contribution in [1.29, 1.82) is 0 Å². The SMILES string of the molecule is CCOc1ccc(CN(C)C)cc1NC(=O)C(NC(=O)N1CCN(c2cccc(F)c2)CC1)C(C)c1c[nH]c2ccccc12. The number of rotatable bonds is 10. The number of hydrogen-bond acceptors (Lipinski definition) is 5. The summed E-state index contributed by atoms with van der Waals surface area (Å²) in [7, 11) is 3.97. The summed E-state index contributed by atoms with van der Waals surface area (Å²) >= 11 is 0. The van der Waals surface area contributed by atoms with E-state index in [0.717, 1.165) is 27.7 Å². The fraction of sp³-hybridized carbons (Fsp3) is 0.353. The number of piperazine rings is 1. The number of para-hydroxylation sites is 1. The molecule has 0 bridgehead atoms. The molecule has 0 radical (unpaired) electrons. The zero-order chi connectivity index (χ0) is 31.2. The number of nitrogens with zero attached hydrogens (tertiary/aromatic N) is 3. The monoisotopic (exact) mass is 600 g/mol. The van der Waals surface area contributed by atoms with Crippen LogP contribution in [0.3, 0.4) is 0 Å². The van der Waals surface area contributed by atoms with Gasteiger partial charge in [-0.25, -0.2) is 9.18 Å². The Bertz CT molecular complexity index is 1600. The van der Waals surface area contributed by atoms with E-state index in [1.165, 1.54) is 12.1 Å². The van der Waals surface area contributed by atoms with Gasteiger partial charge >= 0.3 is 6.03 Å². The van der Waals surface area contributed by atoms with Crippen LogP contribution in [0.5, 0.6) is 5.75 Å². The van der Waals surface area contributed by atoms with Crippen LogP contribution in [0.4, 0.5) is 20.6 Å². The first-order valence-electron chi connectivity index (χ1n) is 15.1. The lowest BCUT2D eigenvalue weighted by molar-refractivity contribution is -0.118. The second-order valence-corrected chi connectivity index (χ2v) is 11.4. The number of halogens is 1. The van der Waals surface area contributed by atoms with Crippen molar-refractivity contribution in [3.8, 4) is 5.75 Å². The third-order valence-corrected chi connectivity index (χ3v) is 8.01. The summed E-state index contributed by atoms with van der Waals surface area (Å²) < 4.78 is 19.6. The van der Waals surface area contributed by atoms with Crippen LogP contribution in [0.15, 0.2) is 72.9 Å². The predicted molar refractivity (Wildman–Crippen MR) is 173 cm³/mol. The molecule has 9 nitrogen and oxygen atoms in total. The first kappa shape index (κ1) is 30.9. The minimum atomic E-state index is -0.880. The highest BCUT2D eigenvalue weighted by atomic mass is 19.1. The van der Waals surface area contributed by atoms with Gasteiger partial charge in [0.1, 0.15) is 17.6 Å². The summed E-state index contributed by atoms with van der Waals surface area (Å²) in [4.78, 5) is 36.9. The van der Waals surface area contributed by atoms with E-state index in [9.17, 15) is 14.0 Å². The van der Waals surface area contributed by atoms with Crippen molar-refractivity contribution in [3.63, 3.8) is 0 Å². The third kappa shape index (κ3) is 7.14. The molecule has 1 aromatic heterocycles. The van der Waals surface area contributed by atoms with E-state index in [2.05, 4.69) is 25.4 Å². The van der Waals surface area contributed by atoms with E-state index < -0.39 is 6.04 Å². The molecule has 1 aliphatic rings. The highest BCUT2D eigenvalue weighted by Gasteiger charge is 2.32. The van der Waals surface area contributed by atoms with Crippen molar-refractivity contribution in [3.05, 3.63) is 89.9 Å². The number of anilines is 2. The number of H-pyrrole nitrogens is 1. The van der Waals surface area contributed by atoms with Gasteiger partial charge in [-0.05, 0) is 68.5 Å². The van der Waals surface area contributed by atoms with Crippen molar-refractivity contribution >= 4 is 34.2 Å². The molecule has 1 aliphatic heterocycles. The Kier molecular flexibility index (Phi) is 9.69. The maximum absolute atomic E-state index is 14.1. The standard InChI is InChI=1S/C34H41FN6O3/c1-5-44-31-14-13-24(22-39(3)4)19-30(31)37-33(42)32(23(2)28-21-36-29-12-7-6-11-27(28)29)38-34(43)41-17-15-40(16-18-41)26-10-8-9-25(35)20-26/h6-14,19-21,23,32,36H,5,15-18,22H2,1-4H3,(H,37,42)(H,38,43). The molecule has 1 saturated heterocycles. The van der Waals surface area contributed by atoms with Crippen LogP contribution in [-0.4, -0.2) is 79.6 Å². The number of carbonyl (C=O) groups is 2. The second kappa shape index (κ2) is 13.8. The van der Waals surface area contributed by atoms with Gasteiger partial charge in [-0.2, -0.15) is 0 Å². The first-order valence-corrected chi connectivity index (χ1v) is 15.1. The predicted octanol–water partition coefficient (Wildman–Crippen LogP) is 5.41. The van der Waals surface area contributed by atoms with Crippen molar-refractivity contribution < 1.29 is 18.7 Å². The van der Waals surface area contributed by atoms with Crippen molar-refractivity contribution in [1.82, 2.24) is 20.1 Å². The van der Waals surface area contributed by atoms with Crippen LogP contribution >= 0.6 is 0 Å². The number of amides is 3. The Morgan fingerprint density at radius 1 is 1.02 bits per heavy atom. The van der Waals surface area contributed by atoms with Crippen LogP contribution in [0.2, 0.25) is 0 Å². The van der Waals surface area contributed by atoms with Gasteiger partial charge < -0.3 is 35.1 Å². The number of ether oxygens (including phenoxy) is 1. The van der Waals surface area contributed by atoms with Gasteiger partial charge in [0.25, 0.3) is 0 Å². The molecule has 1 fully saturated rings. The molecule has 0 aliphatic carbocycles. The highest BCUT2D eigenvalue weighted by Crippen LogP contribution is 2.31. The number of nitrogens with one attached hydrogen (secondary N) is 3. The van der Waals surface area contributed by atoms with Gasteiger partial charge in [0.2, 0.25) is 5.91 Å². The van der Waals surface area contributed by atoms with Gasteiger partial charge in [0.05, 0.1) is 12.3 Å². The number of aromatic amines is 1. The molecule has 5 rings (SSSR count). The second-order valence-electron chi connectivity index (χ2n) is 11.4. The lowest BCUT2D eigenvalue weighted by atomic mass is 9.92. The normalized spacial score (nSPS) is 14.9. The van der Waals surface area contributed by atoms with E-state index in [1.54, 1.807) is 11.0 Å². The van der Waals surface area contributed by atoms with Gasteiger partial charge in [0, 0.05) is 61.4 Å². The minimum Gasteiger partial charge on any atom is -0.492 e.